The Morgan fingerprint density at radius 1 is 1.06 bits per heavy atom. The van der Waals surface area contributed by atoms with Gasteiger partial charge in [-0.2, -0.15) is 0 Å². The van der Waals surface area contributed by atoms with E-state index in [4.69, 9.17) is 0 Å². The van der Waals surface area contributed by atoms with Crippen LogP contribution in [-0.2, 0) is 6.54 Å². The Labute approximate surface area is 194 Å². The Morgan fingerprint density at radius 3 is 2.42 bits per heavy atom. The number of benzene rings is 1. The summed E-state index contributed by atoms with van der Waals surface area (Å²) in [6, 6.07) is 6.66. The number of amides is 1. The highest BCUT2D eigenvalue weighted by atomic mass is 19.2. The number of rotatable bonds is 6. The normalized spacial score (nSPS) is 18.5. The molecular formula is C25H33F2N5O. The van der Waals surface area contributed by atoms with Crippen LogP contribution in [0.5, 0.6) is 0 Å². The molecule has 0 bridgehead atoms. The van der Waals surface area contributed by atoms with Crippen molar-refractivity contribution in [2.75, 3.05) is 50.7 Å². The molecule has 8 heteroatoms. The molecular weight excluding hydrogens is 424 g/mol. The van der Waals surface area contributed by atoms with Crippen LogP contribution in [0.2, 0.25) is 0 Å². The number of pyridine rings is 1. The van der Waals surface area contributed by atoms with E-state index in [0.717, 1.165) is 69.1 Å². The van der Waals surface area contributed by atoms with Crippen molar-refractivity contribution in [2.45, 2.75) is 39.3 Å². The van der Waals surface area contributed by atoms with Crippen LogP contribution in [0.15, 0.2) is 30.5 Å². The Morgan fingerprint density at radius 2 is 1.79 bits per heavy atom. The van der Waals surface area contributed by atoms with Crippen molar-refractivity contribution < 1.29 is 13.6 Å². The number of anilines is 1. The third-order valence-corrected chi connectivity index (χ3v) is 6.73. The van der Waals surface area contributed by atoms with Crippen molar-refractivity contribution in [1.29, 1.82) is 0 Å². The lowest BCUT2D eigenvalue weighted by atomic mass is 10.0. The molecule has 0 unspecified atom stereocenters. The van der Waals surface area contributed by atoms with Gasteiger partial charge in [-0.25, -0.2) is 13.8 Å². The van der Waals surface area contributed by atoms with E-state index in [1.165, 1.54) is 12.1 Å². The van der Waals surface area contributed by atoms with Gasteiger partial charge in [-0.1, -0.05) is 6.07 Å². The van der Waals surface area contributed by atoms with Crippen LogP contribution in [0.3, 0.4) is 0 Å². The molecule has 178 valence electrons. The van der Waals surface area contributed by atoms with E-state index in [-0.39, 0.29) is 5.91 Å². The molecule has 2 fully saturated rings. The van der Waals surface area contributed by atoms with Gasteiger partial charge < -0.3 is 10.2 Å². The zero-order valence-electron chi connectivity index (χ0n) is 19.5. The maximum Gasteiger partial charge on any atom is 0.252 e. The fourth-order valence-electron chi connectivity index (χ4n) is 4.92. The van der Waals surface area contributed by atoms with Crippen LogP contribution in [-0.4, -0.2) is 72.5 Å². The number of aryl methyl sites for hydroxylation is 1. The molecule has 0 aliphatic carbocycles. The maximum absolute atomic E-state index is 13.5. The van der Waals surface area contributed by atoms with E-state index < -0.39 is 11.6 Å². The predicted molar refractivity (Wildman–Crippen MR) is 125 cm³/mol. The molecule has 1 N–H and O–H groups in total. The minimum Gasteiger partial charge on any atom is -0.354 e. The van der Waals surface area contributed by atoms with E-state index in [1.807, 2.05) is 19.9 Å². The first-order valence-corrected chi connectivity index (χ1v) is 11.8. The predicted octanol–water partition coefficient (Wildman–Crippen LogP) is 3.20. The van der Waals surface area contributed by atoms with Crippen molar-refractivity contribution in [3.05, 3.63) is 58.8 Å². The highest BCUT2D eigenvalue weighted by Crippen LogP contribution is 2.24. The summed E-state index contributed by atoms with van der Waals surface area (Å²) in [5.74, 6) is -0.687. The zero-order valence-corrected chi connectivity index (χ0v) is 19.5. The SMILES string of the molecule is CCNC(=O)c1cnc(N2CCN(C3CCN(Cc4ccc(F)c(F)c4)CC3)CC2)c(C)c1. The summed E-state index contributed by atoms with van der Waals surface area (Å²) in [4.78, 5) is 23.9. The van der Waals surface area contributed by atoms with Gasteiger partial charge in [0.2, 0.25) is 0 Å². The van der Waals surface area contributed by atoms with Gasteiger partial charge in [-0.3, -0.25) is 14.6 Å². The second-order valence-corrected chi connectivity index (χ2v) is 9.00. The van der Waals surface area contributed by atoms with Crippen molar-refractivity contribution in [3.8, 4) is 0 Å². The zero-order chi connectivity index (χ0) is 23.4. The van der Waals surface area contributed by atoms with Gasteiger partial charge in [-0.05, 0) is 69.1 Å². The molecule has 1 amide bonds. The van der Waals surface area contributed by atoms with Crippen molar-refractivity contribution in [3.63, 3.8) is 0 Å². The quantitative estimate of drug-likeness (QED) is 0.722. The highest BCUT2D eigenvalue weighted by Gasteiger charge is 2.28. The van der Waals surface area contributed by atoms with Crippen molar-refractivity contribution in [2.24, 2.45) is 0 Å². The maximum atomic E-state index is 13.5. The molecule has 2 aromatic rings. The average Bonchev–Trinajstić information content (AvgIpc) is 2.82. The van der Waals surface area contributed by atoms with Gasteiger partial charge in [0.25, 0.3) is 5.91 Å². The van der Waals surface area contributed by atoms with Crippen LogP contribution in [0.4, 0.5) is 14.6 Å². The largest absolute Gasteiger partial charge is 0.354 e. The lowest BCUT2D eigenvalue weighted by Crippen LogP contribution is -2.53. The van der Waals surface area contributed by atoms with E-state index in [0.29, 0.717) is 24.7 Å². The van der Waals surface area contributed by atoms with Crippen LogP contribution in [0, 0.1) is 18.6 Å². The van der Waals surface area contributed by atoms with E-state index in [9.17, 15) is 13.6 Å². The minimum atomic E-state index is -0.792. The van der Waals surface area contributed by atoms with E-state index in [2.05, 4.69) is 25.0 Å². The lowest BCUT2D eigenvalue weighted by Gasteiger charge is -2.43. The van der Waals surface area contributed by atoms with Crippen molar-refractivity contribution >= 4 is 11.7 Å². The molecule has 2 aliphatic rings. The summed E-state index contributed by atoms with van der Waals surface area (Å²) >= 11 is 0. The number of nitrogens with one attached hydrogen (secondary N) is 1. The number of aromatic nitrogens is 1. The lowest BCUT2D eigenvalue weighted by molar-refractivity contribution is 0.0955. The topological polar surface area (TPSA) is 51.7 Å². The molecule has 1 aromatic carbocycles. The van der Waals surface area contributed by atoms with Crippen LogP contribution >= 0.6 is 0 Å². The molecule has 2 aliphatic heterocycles. The second kappa shape index (κ2) is 10.6. The number of carbonyl (C=O) groups is 1. The molecule has 0 radical (unpaired) electrons. The van der Waals surface area contributed by atoms with Gasteiger partial charge in [-0.15, -0.1) is 0 Å². The van der Waals surface area contributed by atoms with Gasteiger partial charge in [0.05, 0.1) is 5.56 Å². The monoisotopic (exact) mass is 457 g/mol. The summed E-state index contributed by atoms with van der Waals surface area (Å²) in [6.45, 7) is 10.9. The van der Waals surface area contributed by atoms with Gasteiger partial charge in [0, 0.05) is 51.5 Å². The van der Waals surface area contributed by atoms with Crippen LogP contribution in [0.25, 0.3) is 0 Å². The third-order valence-electron chi connectivity index (χ3n) is 6.73. The summed E-state index contributed by atoms with van der Waals surface area (Å²) in [5.41, 5.74) is 2.45. The van der Waals surface area contributed by atoms with Crippen LogP contribution < -0.4 is 10.2 Å². The summed E-state index contributed by atoms with van der Waals surface area (Å²) in [5, 5.41) is 2.82. The van der Waals surface area contributed by atoms with Gasteiger partial charge >= 0.3 is 0 Å². The van der Waals surface area contributed by atoms with Gasteiger partial charge in [0.15, 0.2) is 11.6 Å². The Bertz CT molecular complexity index is 969. The summed E-state index contributed by atoms with van der Waals surface area (Å²) in [7, 11) is 0. The summed E-state index contributed by atoms with van der Waals surface area (Å²) in [6.07, 6.45) is 3.84. The molecule has 3 heterocycles. The smallest absolute Gasteiger partial charge is 0.252 e. The third kappa shape index (κ3) is 5.68. The molecule has 1 aromatic heterocycles. The number of likely N-dealkylation sites (tertiary alicyclic amines) is 1. The first-order chi connectivity index (χ1) is 15.9. The standard InChI is InChI=1S/C25H33F2N5O/c1-3-28-25(33)20-14-18(2)24(29-16-20)32-12-10-31(11-13-32)21-6-8-30(9-7-21)17-19-4-5-22(26)23(27)15-19/h4-5,14-16,21H,3,6-13,17H2,1-2H3,(H,28,33). The number of piperidine rings is 1. The highest BCUT2D eigenvalue weighted by molar-refractivity contribution is 5.94. The van der Waals surface area contributed by atoms with Gasteiger partial charge in [0.1, 0.15) is 5.82 Å². The Hall–Kier alpha value is -2.58. The fourth-order valence-corrected chi connectivity index (χ4v) is 4.92. The Balaban J connectivity index is 1.26. The van der Waals surface area contributed by atoms with E-state index >= 15 is 0 Å². The fraction of sp³-hybridized carbons (Fsp3) is 0.520. The molecule has 0 saturated carbocycles. The number of nitrogens with zero attached hydrogens (tertiary/aromatic N) is 4. The molecule has 33 heavy (non-hydrogen) atoms. The number of hydrogen-bond acceptors (Lipinski definition) is 5. The minimum absolute atomic E-state index is 0.0830. The summed E-state index contributed by atoms with van der Waals surface area (Å²) < 4.78 is 26.6. The molecule has 0 atom stereocenters. The number of carbonyl (C=O) groups excluding carboxylic acids is 1. The molecule has 0 spiro atoms. The Kier molecular flexibility index (Phi) is 7.55. The molecule has 4 rings (SSSR count). The number of halogens is 2. The van der Waals surface area contributed by atoms with Crippen LogP contribution in [0.1, 0.15) is 41.3 Å². The number of piperazine rings is 1. The van der Waals surface area contributed by atoms with E-state index in [1.54, 1.807) is 12.3 Å². The average molecular weight is 458 g/mol. The first kappa shape index (κ1) is 23.6. The number of hydrogen-bond donors (Lipinski definition) is 1. The van der Waals surface area contributed by atoms with Crippen molar-refractivity contribution in [1.82, 2.24) is 20.1 Å². The first-order valence-electron chi connectivity index (χ1n) is 11.8. The molecule has 6 nitrogen and oxygen atoms in total. The molecule has 2 saturated heterocycles. The second-order valence-electron chi connectivity index (χ2n) is 9.00.